The van der Waals surface area contributed by atoms with Gasteiger partial charge in [-0.25, -0.2) is 0 Å². The van der Waals surface area contributed by atoms with Crippen LogP contribution in [0.4, 0.5) is 5.69 Å². The van der Waals surface area contributed by atoms with E-state index in [-0.39, 0.29) is 16.8 Å². The van der Waals surface area contributed by atoms with Gasteiger partial charge in [0, 0.05) is 12.1 Å². The fourth-order valence-corrected chi connectivity index (χ4v) is 4.93. The first kappa shape index (κ1) is 25.3. The molecule has 12 heteroatoms. The van der Waals surface area contributed by atoms with Gasteiger partial charge in [0.2, 0.25) is 0 Å². The van der Waals surface area contributed by atoms with Gasteiger partial charge in [0.15, 0.2) is 0 Å². The minimum Gasteiger partial charge on any atom is -0.399 e. The van der Waals surface area contributed by atoms with Gasteiger partial charge in [-0.05, 0) is 47.9 Å². The SMILES string of the molecule is Nc1ccc(/C=C/c2ccc(-n3nc4c(n3)C/C=C\C=C/C/C=C\4)cc2S(=O)(=O)O)c(S(=O)(=O)O)c1. The van der Waals surface area contributed by atoms with E-state index in [0.29, 0.717) is 23.5 Å². The zero-order chi connectivity index (χ0) is 25.9. The Morgan fingerprint density at radius 1 is 0.833 bits per heavy atom. The molecule has 1 aliphatic rings. The summed E-state index contributed by atoms with van der Waals surface area (Å²) in [7, 11) is -9.26. The summed E-state index contributed by atoms with van der Waals surface area (Å²) < 4.78 is 67.1. The zero-order valence-corrected chi connectivity index (χ0v) is 20.4. The number of anilines is 1. The molecule has 0 atom stereocenters. The summed E-state index contributed by atoms with van der Waals surface area (Å²) in [4.78, 5) is 0.413. The number of benzene rings is 2. The summed E-state index contributed by atoms with van der Waals surface area (Å²) in [6.45, 7) is 0. The number of nitrogens with two attached hydrogens (primary N) is 1. The van der Waals surface area contributed by atoms with E-state index in [0.717, 1.165) is 12.5 Å². The van der Waals surface area contributed by atoms with Crippen LogP contribution in [0.2, 0.25) is 0 Å². The molecule has 1 aromatic heterocycles. The standard InChI is InChI=1S/C24H22N4O6S2/c25-19-13-11-17(23(15-19)35(29,30)31)9-10-18-12-14-20(16-24(18)36(32,33)34)28-26-21-7-5-3-1-2-4-6-8-22(21)27-28/h1-3,5-6,8-16H,4,7,25H2,(H,29,30,31)(H,32,33,34)/b2-1-,5-3-,8-6-,10-9+. The maximum atomic E-state index is 12.2. The molecule has 0 bridgehead atoms. The highest BCUT2D eigenvalue weighted by atomic mass is 32.2. The lowest BCUT2D eigenvalue weighted by molar-refractivity contribution is 0.480. The quantitative estimate of drug-likeness (QED) is 0.256. The third-order valence-electron chi connectivity index (χ3n) is 5.22. The number of nitrogens with zero attached hydrogens (tertiary/aromatic N) is 3. The van der Waals surface area contributed by atoms with Crippen molar-refractivity contribution < 1.29 is 25.9 Å². The summed E-state index contributed by atoms with van der Waals surface area (Å²) in [6, 6.07) is 8.08. The van der Waals surface area contributed by atoms with Crippen LogP contribution in [0, 0.1) is 0 Å². The van der Waals surface area contributed by atoms with Gasteiger partial charge in [-0.3, -0.25) is 9.11 Å². The summed E-state index contributed by atoms with van der Waals surface area (Å²) in [6.07, 6.45) is 15.4. The molecule has 4 rings (SSSR count). The summed E-state index contributed by atoms with van der Waals surface area (Å²) in [5, 5.41) is 8.91. The van der Waals surface area contributed by atoms with Crippen molar-refractivity contribution in [3.63, 3.8) is 0 Å². The van der Waals surface area contributed by atoms with E-state index in [1.54, 1.807) is 6.07 Å². The number of hydrogen-bond acceptors (Lipinski definition) is 7. The van der Waals surface area contributed by atoms with Gasteiger partial charge in [-0.15, -0.1) is 5.10 Å². The van der Waals surface area contributed by atoms with Gasteiger partial charge in [0.05, 0.1) is 11.4 Å². The van der Waals surface area contributed by atoms with Crippen LogP contribution in [0.3, 0.4) is 0 Å². The molecular formula is C24H22N4O6S2. The topological polar surface area (TPSA) is 165 Å². The van der Waals surface area contributed by atoms with Crippen LogP contribution in [0.15, 0.2) is 76.6 Å². The third kappa shape index (κ3) is 5.86. The smallest absolute Gasteiger partial charge is 0.295 e. The second kappa shape index (κ2) is 10.0. The van der Waals surface area contributed by atoms with E-state index in [9.17, 15) is 25.9 Å². The van der Waals surface area contributed by atoms with Crippen molar-refractivity contribution in [2.45, 2.75) is 22.6 Å². The minimum absolute atomic E-state index is 0.0757. The Kier molecular flexibility index (Phi) is 7.04. The van der Waals surface area contributed by atoms with Crippen LogP contribution < -0.4 is 5.73 Å². The second-order valence-electron chi connectivity index (χ2n) is 7.82. The molecule has 0 saturated heterocycles. The Morgan fingerprint density at radius 3 is 2.17 bits per heavy atom. The van der Waals surface area contributed by atoms with Gasteiger partial charge in [0.25, 0.3) is 20.2 Å². The molecule has 186 valence electrons. The highest BCUT2D eigenvalue weighted by Crippen LogP contribution is 2.25. The molecule has 36 heavy (non-hydrogen) atoms. The highest BCUT2D eigenvalue weighted by Gasteiger charge is 2.18. The number of fused-ring (bicyclic) bond motifs is 1. The number of allylic oxidation sites excluding steroid dienone is 5. The molecule has 0 radical (unpaired) electrons. The fraction of sp³-hybridized carbons (Fsp3) is 0.0833. The molecule has 0 spiro atoms. The Balaban J connectivity index is 1.76. The first-order valence-electron chi connectivity index (χ1n) is 10.6. The summed E-state index contributed by atoms with van der Waals surface area (Å²) in [5.74, 6) is 0. The normalized spacial score (nSPS) is 16.9. The lowest BCUT2D eigenvalue weighted by Gasteiger charge is -2.08. The molecular weight excluding hydrogens is 504 g/mol. The second-order valence-corrected chi connectivity index (χ2v) is 10.6. The number of nitrogen functional groups attached to an aromatic ring is 1. The van der Waals surface area contributed by atoms with Crippen molar-refractivity contribution in [3.05, 3.63) is 89.3 Å². The van der Waals surface area contributed by atoms with Crippen molar-refractivity contribution >= 4 is 44.2 Å². The molecule has 0 aliphatic heterocycles. The van der Waals surface area contributed by atoms with Crippen LogP contribution >= 0.6 is 0 Å². The number of hydrogen-bond donors (Lipinski definition) is 3. The molecule has 2 aromatic carbocycles. The average Bonchev–Trinajstić information content (AvgIpc) is 3.22. The molecule has 0 fully saturated rings. The molecule has 0 unspecified atom stereocenters. The van der Waals surface area contributed by atoms with E-state index in [1.807, 2.05) is 36.5 Å². The zero-order valence-electron chi connectivity index (χ0n) is 18.8. The van der Waals surface area contributed by atoms with Gasteiger partial charge in [-0.2, -0.15) is 26.7 Å². The van der Waals surface area contributed by atoms with E-state index < -0.39 is 30.0 Å². The summed E-state index contributed by atoms with van der Waals surface area (Å²) >= 11 is 0. The molecule has 4 N–H and O–H groups in total. The first-order chi connectivity index (χ1) is 17.0. The molecule has 3 aromatic rings. The van der Waals surface area contributed by atoms with Crippen LogP contribution in [0.5, 0.6) is 0 Å². The first-order valence-corrected chi connectivity index (χ1v) is 13.5. The Hall–Kier alpha value is -3.84. The molecule has 1 aliphatic carbocycles. The maximum absolute atomic E-state index is 12.2. The van der Waals surface area contributed by atoms with Gasteiger partial charge in [-0.1, -0.05) is 54.7 Å². The monoisotopic (exact) mass is 526 g/mol. The Morgan fingerprint density at radius 2 is 1.47 bits per heavy atom. The highest BCUT2D eigenvalue weighted by molar-refractivity contribution is 7.86. The maximum Gasteiger partial charge on any atom is 0.295 e. The van der Waals surface area contributed by atoms with E-state index in [1.165, 1.54) is 41.2 Å². The number of rotatable bonds is 5. The predicted molar refractivity (Wildman–Crippen MR) is 136 cm³/mol. The number of aromatic nitrogens is 3. The fourth-order valence-electron chi connectivity index (χ4n) is 3.51. The lowest BCUT2D eigenvalue weighted by atomic mass is 10.1. The Bertz CT molecular complexity index is 1650. The van der Waals surface area contributed by atoms with E-state index >= 15 is 0 Å². The average molecular weight is 527 g/mol. The molecule has 1 heterocycles. The summed E-state index contributed by atoms with van der Waals surface area (Å²) in [5.41, 5.74) is 7.51. The van der Waals surface area contributed by atoms with Gasteiger partial charge in [0.1, 0.15) is 15.5 Å². The largest absolute Gasteiger partial charge is 0.399 e. The van der Waals surface area contributed by atoms with E-state index in [2.05, 4.69) is 10.2 Å². The van der Waals surface area contributed by atoms with Gasteiger partial charge >= 0.3 is 0 Å². The lowest BCUT2D eigenvalue weighted by Crippen LogP contribution is -2.05. The predicted octanol–water partition coefficient (Wildman–Crippen LogP) is 3.59. The molecule has 0 amide bonds. The van der Waals surface area contributed by atoms with Crippen molar-refractivity contribution in [1.29, 1.82) is 0 Å². The third-order valence-corrected chi connectivity index (χ3v) is 7.04. The van der Waals surface area contributed by atoms with Crippen LogP contribution in [0.25, 0.3) is 23.9 Å². The van der Waals surface area contributed by atoms with Crippen molar-refractivity contribution in [2.75, 3.05) is 5.73 Å². The minimum atomic E-state index is -4.68. The molecule has 10 nitrogen and oxygen atoms in total. The van der Waals surface area contributed by atoms with Crippen LogP contribution in [0.1, 0.15) is 28.9 Å². The van der Waals surface area contributed by atoms with Crippen LogP contribution in [-0.2, 0) is 26.7 Å². The van der Waals surface area contributed by atoms with E-state index in [4.69, 9.17) is 5.73 Å². The Labute approximate surface area is 208 Å². The van der Waals surface area contributed by atoms with Gasteiger partial charge < -0.3 is 5.73 Å². The molecule has 0 saturated carbocycles. The van der Waals surface area contributed by atoms with Crippen molar-refractivity contribution in [1.82, 2.24) is 15.0 Å². The van der Waals surface area contributed by atoms with Crippen LogP contribution in [-0.4, -0.2) is 40.9 Å². The van der Waals surface area contributed by atoms with Crippen molar-refractivity contribution in [2.24, 2.45) is 0 Å². The van der Waals surface area contributed by atoms with Crippen molar-refractivity contribution in [3.8, 4) is 5.69 Å².